The molecule has 0 saturated heterocycles. The molecular weight excluding hydrogens is 336 g/mol. The maximum Gasteiger partial charge on any atom is 0.263 e. The first-order valence-corrected chi connectivity index (χ1v) is 9.80. The van der Waals surface area contributed by atoms with Crippen LogP contribution in [0.15, 0.2) is 60.7 Å². The largest absolute Gasteiger partial charge is 0.372 e. The fraction of sp³-hybridized carbons (Fsp3) is 0.435. The summed E-state index contributed by atoms with van der Waals surface area (Å²) in [6.45, 7) is 8.18. The van der Waals surface area contributed by atoms with Crippen LogP contribution in [0.25, 0.3) is 0 Å². The molecule has 0 bridgehead atoms. The second-order valence-corrected chi connectivity index (χ2v) is 7.50. The van der Waals surface area contributed by atoms with Crippen LogP contribution in [0.3, 0.4) is 0 Å². The molecule has 1 N–H and O–H groups in total. The van der Waals surface area contributed by atoms with Crippen molar-refractivity contribution < 1.29 is 14.4 Å². The molecule has 146 valence electrons. The van der Waals surface area contributed by atoms with Gasteiger partial charge in [0, 0.05) is 20.0 Å². The molecule has 0 aliphatic rings. The third-order valence-electron chi connectivity index (χ3n) is 5.76. The Balaban J connectivity index is 2.22. The van der Waals surface area contributed by atoms with Crippen LogP contribution >= 0.6 is 0 Å². The maximum absolute atomic E-state index is 13.3. The molecule has 0 heterocycles. The Morgan fingerprint density at radius 1 is 0.963 bits per heavy atom. The van der Waals surface area contributed by atoms with Crippen LogP contribution in [-0.2, 0) is 10.4 Å². The lowest BCUT2D eigenvalue weighted by atomic mass is 9.85. The average Bonchev–Trinajstić information content (AvgIpc) is 2.73. The standard InChI is InChI=1S/C23H33N2O2/c1-5-25(4,6-2)19-13-18-24(3)22(26)23(27,20-14-9-7-10-15-20)21-16-11-8-12-17-21/h7-12,14-17,27H,5-6,13,18-19H2,1-4H3/q+1. The molecule has 0 fully saturated rings. The second-order valence-electron chi connectivity index (χ2n) is 7.50. The van der Waals surface area contributed by atoms with E-state index in [4.69, 9.17) is 0 Å². The first kappa shape index (κ1) is 21.1. The lowest BCUT2D eigenvalue weighted by Gasteiger charge is -2.34. The molecule has 2 aromatic rings. The lowest BCUT2D eigenvalue weighted by molar-refractivity contribution is -0.906. The van der Waals surface area contributed by atoms with Gasteiger partial charge in [0.1, 0.15) is 0 Å². The fourth-order valence-electron chi connectivity index (χ4n) is 3.38. The number of likely N-dealkylation sites (N-methyl/N-ethyl adjacent to an activating group) is 1. The van der Waals surface area contributed by atoms with Gasteiger partial charge < -0.3 is 14.5 Å². The molecule has 0 unspecified atom stereocenters. The van der Waals surface area contributed by atoms with Gasteiger partial charge in [-0.1, -0.05) is 60.7 Å². The van der Waals surface area contributed by atoms with Gasteiger partial charge in [0.25, 0.3) is 5.91 Å². The molecule has 0 radical (unpaired) electrons. The molecule has 0 aromatic heterocycles. The summed E-state index contributed by atoms with van der Waals surface area (Å²) in [7, 11) is 4.02. The van der Waals surface area contributed by atoms with Gasteiger partial charge in [0.15, 0.2) is 5.60 Å². The van der Waals surface area contributed by atoms with Crippen molar-refractivity contribution >= 4 is 5.91 Å². The topological polar surface area (TPSA) is 40.5 Å². The van der Waals surface area contributed by atoms with Crippen molar-refractivity contribution in [2.45, 2.75) is 25.9 Å². The van der Waals surface area contributed by atoms with E-state index in [0.717, 1.165) is 30.5 Å². The Kier molecular flexibility index (Phi) is 7.17. The fourth-order valence-corrected chi connectivity index (χ4v) is 3.38. The molecule has 1 amide bonds. The molecule has 0 aliphatic carbocycles. The van der Waals surface area contributed by atoms with Crippen molar-refractivity contribution in [3.63, 3.8) is 0 Å². The zero-order valence-corrected chi connectivity index (χ0v) is 17.1. The number of aliphatic hydroxyl groups is 1. The predicted octanol–water partition coefficient (Wildman–Crippen LogP) is 3.26. The quantitative estimate of drug-likeness (QED) is 0.689. The summed E-state index contributed by atoms with van der Waals surface area (Å²) in [6, 6.07) is 18.4. The molecule has 0 spiro atoms. The Labute approximate surface area is 163 Å². The highest BCUT2D eigenvalue weighted by atomic mass is 16.3. The van der Waals surface area contributed by atoms with Crippen molar-refractivity contribution in [1.29, 1.82) is 0 Å². The minimum atomic E-state index is -1.68. The van der Waals surface area contributed by atoms with E-state index >= 15 is 0 Å². The minimum Gasteiger partial charge on any atom is -0.372 e. The summed E-state index contributed by atoms with van der Waals surface area (Å²) in [6.07, 6.45) is 0.903. The lowest BCUT2D eigenvalue weighted by Crippen LogP contribution is -2.48. The van der Waals surface area contributed by atoms with Gasteiger partial charge >= 0.3 is 0 Å². The first-order chi connectivity index (χ1) is 12.9. The molecule has 0 atom stereocenters. The van der Waals surface area contributed by atoms with Crippen LogP contribution < -0.4 is 0 Å². The predicted molar refractivity (Wildman–Crippen MR) is 110 cm³/mol. The number of benzene rings is 2. The molecule has 4 nitrogen and oxygen atoms in total. The monoisotopic (exact) mass is 369 g/mol. The van der Waals surface area contributed by atoms with Crippen LogP contribution in [0.4, 0.5) is 0 Å². The molecule has 2 rings (SSSR count). The summed E-state index contributed by atoms with van der Waals surface area (Å²) >= 11 is 0. The average molecular weight is 370 g/mol. The Hall–Kier alpha value is -2.17. The molecule has 0 saturated carbocycles. The van der Waals surface area contributed by atoms with Gasteiger partial charge in [-0.3, -0.25) is 4.79 Å². The maximum atomic E-state index is 13.3. The van der Waals surface area contributed by atoms with E-state index in [1.54, 1.807) is 36.2 Å². The van der Waals surface area contributed by atoms with Crippen molar-refractivity contribution in [3.05, 3.63) is 71.8 Å². The smallest absolute Gasteiger partial charge is 0.263 e. The van der Waals surface area contributed by atoms with E-state index in [2.05, 4.69) is 20.9 Å². The number of carbonyl (C=O) groups is 1. The van der Waals surface area contributed by atoms with Crippen molar-refractivity contribution in [2.24, 2.45) is 0 Å². The van der Waals surface area contributed by atoms with Gasteiger partial charge in [-0.15, -0.1) is 0 Å². The van der Waals surface area contributed by atoms with E-state index in [1.807, 2.05) is 36.4 Å². The van der Waals surface area contributed by atoms with Crippen LogP contribution in [0.1, 0.15) is 31.4 Å². The number of carbonyl (C=O) groups excluding carboxylic acids is 1. The zero-order chi connectivity index (χ0) is 19.9. The second kappa shape index (κ2) is 9.16. The van der Waals surface area contributed by atoms with E-state index in [1.165, 1.54) is 0 Å². The van der Waals surface area contributed by atoms with Crippen LogP contribution in [0.5, 0.6) is 0 Å². The number of amides is 1. The van der Waals surface area contributed by atoms with Crippen molar-refractivity contribution in [2.75, 3.05) is 40.3 Å². The molecular formula is C23H33N2O2+. The number of rotatable bonds is 9. The van der Waals surface area contributed by atoms with Crippen LogP contribution in [0.2, 0.25) is 0 Å². The summed E-state index contributed by atoms with van der Waals surface area (Å²) in [5.41, 5.74) is -0.489. The van der Waals surface area contributed by atoms with Crippen LogP contribution in [0, 0.1) is 0 Å². The highest BCUT2D eigenvalue weighted by molar-refractivity contribution is 5.89. The number of hydrogen-bond donors (Lipinski definition) is 1. The van der Waals surface area contributed by atoms with E-state index < -0.39 is 5.60 Å². The van der Waals surface area contributed by atoms with Crippen molar-refractivity contribution in [3.8, 4) is 0 Å². The highest BCUT2D eigenvalue weighted by Crippen LogP contribution is 2.31. The van der Waals surface area contributed by atoms with Gasteiger partial charge in [0.2, 0.25) is 0 Å². The number of hydrogen-bond acceptors (Lipinski definition) is 2. The third kappa shape index (κ3) is 4.76. The Bertz CT molecular complexity index is 672. The minimum absolute atomic E-state index is 0.290. The van der Waals surface area contributed by atoms with Crippen LogP contribution in [-0.4, -0.2) is 60.7 Å². The summed E-state index contributed by atoms with van der Waals surface area (Å²) in [4.78, 5) is 15.0. The zero-order valence-electron chi connectivity index (χ0n) is 17.1. The molecule has 27 heavy (non-hydrogen) atoms. The van der Waals surface area contributed by atoms with E-state index in [9.17, 15) is 9.90 Å². The number of nitrogens with zero attached hydrogens (tertiary/aromatic N) is 2. The molecule has 2 aromatic carbocycles. The van der Waals surface area contributed by atoms with Crippen molar-refractivity contribution in [1.82, 2.24) is 4.90 Å². The highest BCUT2D eigenvalue weighted by Gasteiger charge is 2.41. The van der Waals surface area contributed by atoms with Gasteiger partial charge in [-0.25, -0.2) is 0 Å². The Morgan fingerprint density at radius 3 is 1.81 bits per heavy atom. The van der Waals surface area contributed by atoms with Gasteiger partial charge in [-0.05, 0) is 25.0 Å². The summed E-state index contributed by atoms with van der Waals surface area (Å²) in [5.74, 6) is -0.290. The first-order valence-electron chi connectivity index (χ1n) is 9.80. The van der Waals surface area contributed by atoms with Gasteiger partial charge in [-0.2, -0.15) is 0 Å². The normalized spacial score (nSPS) is 12.0. The Morgan fingerprint density at radius 2 is 1.41 bits per heavy atom. The van der Waals surface area contributed by atoms with E-state index in [0.29, 0.717) is 17.7 Å². The summed E-state index contributed by atoms with van der Waals surface area (Å²) < 4.78 is 0.990. The summed E-state index contributed by atoms with van der Waals surface area (Å²) in [5, 5.41) is 11.5. The molecule has 0 aliphatic heterocycles. The SMILES string of the molecule is CC[N+](C)(CC)CCCN(C)C(=O)C(O)(c1ccccc1)c1ccccc1. The molecule has 4 heteroatoms. The van der Waals surface area contributed by atoms with Gasteiger partial charge in [0.05, 0.1) is 26.7 Å². The number of quaternary nitrogens is 1. The van der Waals surface area contributed by atoms with E-state index in [-0.39, 0.29) is 5.91 Å². The third-order valence-corrected chi connectivity index (χ3v) is 5.76.